The SMILES string of the molecule is CC(=O)OCC(COC(C)=O)OC(C)=O.O=C([O-])[O-].[Ca+2]. The van der Waals surface area contributed by atoms with Gasteiger partial charge in [0.1, 0.15) is 13.2 Å². The molecule has 0 aliphatic heterocycles. The Morgan fingerprint density at radius 1 is 0.850 bits per heavy atom. The molecule has 9 nitrogen and oxygen atoms in total. The van der Waals surface area contributed by atoms with Crippen molar-refractivity contribution in [1.82, 2.24) is 0 Å². The Labute approximate surface area is 145 Å². The van der Waals surface area contributed by atoms with Gasteiger partial charge in [-0.05, 0) is 6.16 Å². The Morgan fingerprint density at radius 2 is 1.15 bits per heavy atom. The monoisotopic (exact) mass is 318 g/mol. The van der Waals surface area contributed by atoms with E-state index >= 15 is 0 Å². The maximum absolute atomic E-state index is 10.6. The molecule has 0 unspecified atom stereocenters. The maximum atomic E-state index is 10.6. The fourth-order valence-corrected chi connectivity index (χ4v) is 0.771. The average molecular weight is 318 g/mol. The predicted octanol–water partition coefficient (Wildman–Crippen LogP) is -2.78. The molecular weight excluding hydrogens is 304 g/mol. The van der Waals surface area contributed by atoms with Crippen molar-refractivity contribution < 1.29 is 43.6 Å². The van der Waals surface area contributed by atoms with E-state index < -0.39 is 30.2 Å². The van der Waals surface area contributed by atoms with Gasteiger partial charge in [0, 0.05) is 20.8 Å². The molecule has 0 amide bonds. The molecule has 0 saturated carbocycles. The van der Waals surface area contributed by atoms with E-state index in [-0.39, 0.29) is 51.0 Å². The molecule has 0 aromatic heterocycles. The summed E-state index contributed by atoms with van der Waals surface area (Å²) in [6.07, 6.45) is -3.09. The van der Waals surface area contributed by atoms with E-state index in [0.717, 1.165) is 0 Å². The summed E-state index contributed by atoms with van der Waals surface area (Å²) in [5.74, 6) is -1.51. The van der Waals surface area contributed by atoms with Gasteiger partial charge in [-0.3, -0.25) is 14.4 Å². The Hall–Kier alpha value is -1.06. The minimum Gasteiger partial charge on any atom is -0.652 e. The molecule has 0 radical (unpaired) electrons. The zero-order valence-electron chi connectivity index (χ0n) is 11.4. The van der Waals surface area contributed by atoms with Gasteiger partial charge < -0.3 is 29.2 Å². The molecule has 0 aromatic carbocycles. The van der Waals surface area contributed by atoms with Crippen LogP contribution in [0.2, 0.25) is 0 Å². The molecule has 10 heteroatoms. The summed E-state index contributed by atoms with van der Waals surface area (Å²) in [5.41, 5.74) is 0. The second-order valence-corrected chi connectivity index (χ2v) is 3.09. The Kier molecular flexibility index (Phi) is 17.2. The van der Waals surface area contributed by atoms with Crippen LogP contribution in [0.1, 0.15) is 20.8 Å². The largest absolute Gasteiger partial charge is 2.00 e. The number of carbonyl (C=O) groups is 4. The van der Waals surface area contributed by atoms with Crippen LogP contribution in [0.5, 0.6) is 0 Å². The average Bonchev–Trinajstić information content (AvgIpc) is 2.20. The molecular formula is C10H14CaO9. The summed E-state index contributed by atoms with van der Waals surface area (Å²) >= 11 is 0. The van der Waals surface area contributed by atoms with E-state index in [4.69, 9.17) is 19.7 Å². The first-order valence-electron chi connectivity index (χ1n) is 4.97. The number of ether oxygens (including phenoxy) is 3. The van der Waals surface area contributed by atoms with Gasteiger partial charge >= 0.3 is 55.6 Å². The Bertz CT molecular complexity index is 307. The minimum atomic E-state index is -2.33. The van der Waals surface area contributed by atoms with Gasteiger partial charge in [0.05, 0.1) is 0 Å². The molecule has 20 heavy (non-hydrogen) atoms. The molecule has 0 heterocycles. The van der Waals surface area contributed by atoms with E-state index in [1.807, 2.05) is 0 Å². The molecule has 0 spiro atoms. The van der Waals surface area contributed by atoms with Crippen LogP contribution in [0.3, 0.4) is 0 Å². The number of rotatable bonds is 5. The number of carboxylic acid groups (broad SMARTS) is 2. The topological polar surface area (TPSA) is 142 Å². The van der Waals surface area contributed by atoms with Crippen molar-refractivity contribution in [3.63, 3.8) is 0 Å². The first-order chi connectivity index (χ1) is 8.65. The number of hydrogen-bond donors (Lipinski definition) is 0. The van der Waals surface area contributed by atoms with Crippen molar-refractivity contribution in [3.8, 4) is 0 Å². The fourth-order valence-electron chi connectivity index (χ4n) is 0.771. The molecule has 0 fully saturated rings. The van der Waals surface area contributed by atoms with Crippen molar-refractivity contribution in [1.29, 1.82) is 0 Å². The maximum Gasteiger partial charge on any atom is 2.00 e. The van der Waals surface area contributed by atoms with Crippen molar-refractivity contribution in [2.75, 3.05) is 13.2 Å². The van der Waals surface area contributed by atoms with Gasteiger partial charge in [0.2, 0.25) is 0 Å². The van der Waals surface area contributed by atoms with Crippen LogP contribution in [0.4, 0.5) is 4.79 Å². The van der Waals surface area contributed by atoms with Crippen LogP contribution in [0.25, 0.3) is 0 Å². The van der Waals surface area contributed by atoms with Crippen LogP contribution in [-0.4, -0.2) is 81.1 Å². The molecule has 0 atom stereocenters. The Morgan fingerprint density at radius 3 is 1.35 bits per heavy atom. The third kappa shape index (κ3) is 25.7. The molecule has 0 bridgehead atoms. The smallest absolute Gasteiger partial charge is 0.652 e. The van der Waals surface area contributed by atoms with E-state index in [1.54, 1.807) is 0 Å². The van der Waals surface area contributed by atoms with Crippen LogP contribution < -0.4 is 10.2 Å². The first kappa shape index (κ1) is 24.0. The van der Waals surface area contributed by atoms with Gasteiger partial charge in [0.15, 0.2) is 6.10 Å². The summed E-state index contributed by atoms with van der Waals surface area (Å²) in [6, 6.07) is 0. The zero-order chi connectivity index (χ0) is 15.4. The van der Waals surface area contributed by atoms with Gasteiger partial charge in [-0.25, -0.2) is 0 Å². The standard InChI is InChI=1S/C9H14O6.CH2O3.Ca/c1-6(10)13-4-9(15-8(3)12)5-14-7(2)11;2-1(3)4;/h9H,4-5H2,1-3H3;(H2,2,3,4);/q;;+2/p-2. The molecule has 110 valence electrons. The van der Waals surface area contributed by atoms with E-state index in [2.05, 4.69) is 9.47 Å². The summed E-state index contributed by atoms with van der Waals surface area (Å²) < 4.78 is 14.0. The van der Waals surface area contributed by atoms with Crippen LogP contribution >= 0.6 is 0 Å². The van der Waals surface area contributed by atoms with Crippen LogP contribution in [0.15, 0.2) is 0 Å². The van der Waals surface area contributed by atoms with Gasteiger partial charge in [-0.15, -0.1) is 0 Å². The van der Waals surface area contributed by atoms with Crippen molar-refractivity contribution >= 4 is 61.8 Å². The molecule has 0 aliphatic rings. The first-order valence-corrected chi connectivity index (χ1v) is 4.97. The number of carbonyl (C=O) groups excluding carboxylic acids is 4. The molecule has 0 aliphatic carbocycles. The van der Waals surface area contributed by atoms with Crippen LogP contribution in [0, 0.1) is 0 Å². The van der Waals surface area contributed by atoms with E-state index in [9.17, 15) is 14.4 Å². The molecule has 0 saturated heterocycles. The summed E-state index contributed by atoms with van der Waals surface area (Å²) in [4.78, 5) is 40.0. The van der Waals surface area contributed by atoms with Gasteiger partial charge in [-0.2, -0.15) is 0 Å². The quantitative estimate of drug-likeness (QED) is 0.298. The summed E-state index contributed by atoms with van der Waals surface area (Å²) in [5, 5.41) is 16.7. The van der Waals surface area contributed by atoms with E-state index in [0.29, 0.717) is 0 Å². The van der Waals surface area contributed by atoms with Crippen molar-refractivity contribution in [3.05, 3.63) is 0 Å². The summed E-state index contributed by atoms with van der Waals surface area (Å²) in [7, 11) is 0. The zero-order valence-corrected chi connectivity index (χ0v) is 13.6. The number of hydrogen-bond acceptors (Lipinski definition) is 9. The summed E-state index contributed by atoms with van der Waals surface area (Å²) in [6.45, 7) is 3.44. The third-order valence-corrected chi connectivity index (χ3v) is 1.28. The van der Waals surface area contributed by atoms with Crippen molar-refractivity contribution in [2.45, 2.75) is 26.9 Å². The van der Waals surface area contributed by atoms with Crippen molar-refractivity contribution in [2.24, 2.45) is 0 Å². The Balaban J connectivity index is -0.000000508. The van der Waals surface area contributed by atoms with Gasteiger partial charge in [-0.1, -0.05) is 0 Å². The van der Waals surface area contributed by atoms with E-state index in [1.165, 1.54) is 20.8 Å². The fraction of sp³-hybridized carbons (Fsp3) is 0.600. The molecule has 0 aromatic rings. The second kappa shape index (κ2) is 14.4. The van der Waals surface area contributed by atoms with Crippen LogP contribution in [-0.2, 0) is 28.6 Å². The third-order valence-electron chi connectivity index (χ3n) is 1.28. The molecule has 0 rings (SSSR count). The minimum absolute atomic E-state index is 0. The number of esters is 3. The normalized spacial score (nSPS) is 8.40. The second-order valence-electron chi connectivity index (χ2n) is 3.09. The molecule has 0 N–H and O–H groups in total. The van der Waals surface area contributed by atoms with Gasteiger partial charge in [0.25, 0.3) is 0 Å². The predicted molar refractivity (Wildman–Crippen MR) is 60.0 cm³/mol.